The van der Waals surface area contributed by atoms with Gasteiger partial charge in [-0.1, -0.05) is 28.1 Å². The average molecular weight is 328 g/mol. The lowest BCUT2D eigenvalue weighted by atomic mass is 10.1. The number of benzene rings is 2. The van der Waals surface area contributed by atoms with Crippen LogP contribution in [0.4, 0.5) is 0 Å². The molecule has 0 atom stereocenters. The SMILES string of the molecule is N=C(N)c1ccc2c(ccn2Cc2ccc(Br)cc2)c1. The molecule has 0 aliphatic carbocycles. The number of nitrogen functional groups attached to an aromatic ring is 1. The summed E-state index contributed by atoms with van der Waals surface area (Å²) < 4.78 is 3.28. The quantitative estimate of drug-likeness (QED) is 0.558. The zero-order chi connectivity index (χ0) is 14.1. The van der Waals surface area contributed by atoms with Gasteiger partial charge in [0.15, 0.2) is 0 Å². The average Bonchev–Trinajstić information content (AvgIpc) is 2.84. The first-order valence-electron chi connectivity index (χ1n) is 6.31. The van der Waals surface area contributed by atoms with Crippen molar-refractivity contribution in [2.75, 3.05) is 0 Å². The molecule has 0 fully saturated rings. The van der Waals surface area contributed by atoms with E-state index in [0.717, 1.165) is 27.5 Å². The maximum Gasteiger partial charge on any atom is 0.122 e. The number of nitrogens with one attached hydrogen (secondary N) is 1. The Morgan fingerprint density at radius 2 is 1.85 bits per heavy atom. The smallest absolute Gasteiger partial charge is 0.122 e. The molecule has 3 rings (SSSR count). The van der Waals surface area contributed by atoms with E-state index in [0.29, 0.717) is 0 Å². The molecular weight excluding hydrogens is 314 g/mol. The Bertz CT molecular complexity index is 772. The van der Waals surface area contributed by atoms with Crippen molar-refractivity contribution in [3.8, 4) is 0 Å². The van der Waals surface area contributed by atoms with E-state index < -0.39 is 0 Å². The van der Waals surface area contributed by atoms with Crippen molar-refractivity contribution in [1.82, 2.24) is 4.57 Å². The summed E-state index contributed by atoms with van der Waals surface area (Å²) in [6.45, 7) is 0.830. The van der Waals surface area contributed by atoms with Gasteiger partial charge in [0, 0.05) is 33.7 Å². The van der Waals surface area contributed by atoms with Crippen molar-refractivity contribution in [2.45, 2.75) is 6.54 Å². The van der Waals surface area contributed by atoms with Crippen LogP contribution in [0.2, 0.25) is 0 Å². The Kier molecular flexibility index (Phi) is 3.32. The highest BCUT2D eigenvalue weighted by atomic mass is 79.9. The van der Waals surface area contributed by atoms with E-state index in [-0.39, 0.29) is 5.84 Å². The summed E-state index contributed by atoms with van der Waals surface area (Å²) in [4.78, 5) is 0. The highest BCUT2D eigenvalue weighted by Gasteiger charge is 2.04. The van der Waals surface area contributed by atoms with Crippen LogP contribution in [0.15, 0.2) is 59.2 Å². The first-order valence-corrected chi connectivity index (χ1v) is 7.10. The van der Waals surface area contributed by atoms with Crippen molar-refractivity contribution >= 4 is 32.7 Å². The maximum atomic E-state index is 7.48. The molecule has 0 saturated heterocycles. The summed E-state index contributed by atoms with van der Waals surface area (Å²) in [5, 5.41) is 8.59. The van der Waals surface area contributed by atoms with E-state index >= 15 is 0 Å². The van der Waals surface area contributed by atoms with E-state index in [1.54, 1.807) is 0 Å². The number of fused-ring (bicyclic) bond motifs is 1. The summed E-state index contributed by atoms with van der Waals surface area (Å²) in [5.74, 6) is 0.104. The third-order valence-corrected chi connectivity index (χ3v) is 3.88. The van der Waals surface area contributed by atoms with Gasteiger partial charge in [-0.2, -0.15) is 0 Å². The third kappa shape index (κ3) is 2.47. The highest BCUT2D eigenvalue weighted by Crippen LogP contribution is 2.19. The molecule has 4 heteroatoms. The second-order valence-corrected chi connectivity index (χ2v) is 5.67. The van der Waals surface area contributed by atoms with Gasteiger partial charge in [-0.25, -0.2) is 0 Å². The number of hydrogen-bond donors (Lipinski definition) is 2. The normalized spacial score (nSPS) is 10.8. The molecule has 2 aromatic carbocycles. The zero-order valence-electron chi connectivity index (χ0n) is 10.8. The van der Waals surface area contributed by atoms with Gasteiger partial charge in [-0.3, -0.25) is 5.41 Å². The molecule has 100 valence electrons. The fraction of sp³-hybridized carbons (Fsp3) is 0.0625. The Hall–Kier alpha value is -2.07. The zero-order valence-corrected chi connectivity index (χ0v) is 12.4. The fourth-order valence-corrected chi connectivity index (χ4v) is 2.56. The first kappa shape index (κ1) is 12.9. The molecule has 1 heterocycles. The van der Waals surface area contributed by atoms with E-state index in [2.05, 4.69) is 57.0 Å². The standard InChI is InChI=1S/C16H14BrN3/c17-14-4-1-11(2-5-14)10-20-8-7-12-9-13(16(18)19)3-6-15(12)20/h1-9H,10H2,(H3,18,19). The Labute approximate surface area is 125 Å². The number of halogens is 1. The van der Waals surface area contributed by atoms with Gasteiger partial charge in [0.25, 0.3) is 0 Å². The van der Waals surface area contributed by atoms with Crippen LogP contribution >= 0.6 is 15.9 Å². The van der Waals surface area contributed by atoms with Crippen molar-refractivity contribution in [3.05, 3.63) is 70.3 Å². The molecule has 1 aromatic heterocycles. The van der Waals surface area contributed by atoms with Gasteiger partial charge in [0.1, 0.15) is 5.84 Å². The molecule has 0 amide bonds. The number of nitrogens with zero attached hydrogens (tertiary/aromatic N) is 1. The van der Waals surface area contributed by atoms with Crippen LogP contribution in [0.3, 0.4) is 0 Å². The Morgan fingerprint density at radius 3 is 2.55 bits per heavy atom. The van der Waals surface area contributed by atoms with Crippen LogP contribution < -0.4 is 5.73 Å². The molecule has 0 bridgehead atoms. The molecule has 3 nitrogen and oxygen atoms in total. The largest absolute Gasteiger partial charge is 0.384 e. The third-order valence-electron chi connectivity index (χ3n) is 3.35. The maximum absolute atomic E-state index is 7.48. The fourth-order valence-electron chi connectivity index (χ4n) is 2.29. The van der Waals surface area contributed by atoms with Crippen LogP contribution in [0.5, 0.6) is 0 Å². The monoisotopic (exact) mass is 327 g/mol. The minimum atomic E-state index is 0.104. The van der Waals surface area contributed by atoms with Gasteiger partial charge in [-0.05, 0) is 42.0 Å². The second-order valence-electron chi connectivity index (χ2n) is 4.76. The number of aromatic nitrogens is 1. The molecule has 0 aliphatic heterocycles. The summed E-state index contributed by atoms with van der Waals surface area (Å²) in [6, 6.07) is 16.2. The molecule has 0 saturated carbocycles. The van der Waals surface area contributed by atoms with Crippen LogP contribution in [-0.2, 0) is 6.54 Å². The summed E-state index contributed by atoms with van der Waals surface area (Å²) in [6.07, 6.45) is 2.07. The lowest BCUT2D eigenvalue weighted by Crippen LogP contribution is -2.10. The van der Waals surface area contributed by atoms with Crippen molar-refractivity contribution < 1.29 is 0 Å². The molecule has 3 N–H and O–H groups in total. The molecule has 3 aromatic rings. The van der Waals surface area contributed by atoms with E-state index in [4.69, 9.17) is 11.1 Å². The van der Waals surface area contributed by atoms with Crippen LogP contribution in [0.25, 0.3) is 10.9 Å². The second kappa shape index (κ2) is 5.13. The van der Waals surface area contributed by atoms with Gasteiger partial charge in [0.05, 0.1) is 0 Å². The van der Waals surface area contributed by atoms with Gasteiger partial charge in [-0.15, -0.1) is 0 Å². The minimum Gasteiger partial charge on any atom is -0.384 e. The van der Waals surface area contributed by atoms with Gasteiger partial charge < -0.3 is 10.3 Å². The molecule has 0 aliphatic rings. The first-order chi connectivity index (χ1) is 9.63. The van der Waals surface area contributed by atoms with E-state index in [1.165, 1.54) is 5.56 Å². The summed E-state index contributed by atoms with van der Waals surface area (Å²) in [5.41, 5.74) is 8.69. The number of hydrogen-bond acceptors (Lipinski definition) is 1. The summed E-state index contributed by atoms with van der Waals surface area (Å²) in [7, 11) is 0. The number of nitrogens with two attached hydrogens (primary N) is 1. The van der Waals surface area contributed by atoms with E-state index in [9.17, 15) is 0 Å². The molecule has 20 heavy (non-hydrogen) atoms. The lowest BCUT2D eigenvalue weighted by Gasteiger charge is -2.06. The Morgan fingerprint density at radius 1 is 1.10 bits per heavy atom. The minimum absolute atomic E-state index is 0.104. The van der Waals surface area contributed by atoms with Crippen molar-refractivity contribution in [1.29, 1.82) is 5.41 Å². The highest BCUT2D eigenvalue weighted by molar-refractivity contribution is 9.10. The number of amidine groups is 1. The number of rotatable bonds is 3. The van der Waals surface area contributed by atoms with Gasteiger partial charge in [0.2, 0.25) is 0 Å². The van der Waals surface area contributed by atoms with Gasteiger partial charge >= 0.3 is 0 Å². The van der Waals surface area contributed by atoms with Crippen LogP contribution in [0, 0.1) is 5.41 Å². The molecular formula is C16H14BrN3. The summed E-state index contributed by atoms with van der Waals surface area (Å²) >= 11 is 3.45. The van der Waals surface area contributed by atoms with E-state index in [1.807, 2.05) is 18.2 Å². The predicted molar refractivity (Wildman–Crippen MR) is 86.2 cm³/mol. The van der Waals surface area contributed by atoms with Crippen molar-refractivity contribution in [3.63, 3.8) is 0 Å². The van der Waals surface area contributed by atoms with Crippen LogP contribution in [-0.4, -0.2) is 10.4 Å². The topological polar surface area (TPSA) is 54.8 Å². The molecule has 0 spiro atoms. The predicted octanol–water partition coefficient (Wildman–Crippen LogP) is 3.74. The molecule has 0 unspecified atom stereocenters. The van der Waals surface area contributed by atoms with Crippen LogP contribution in [0.1, 0.15) is 11.1 Å². The molecule has 0 radical (unpaired) electrons. The Balaban J connectivity index is 1.96. The van der Waals surface area contributed by atoms with Crippen molar-refractivity contribution in [2.24, 2.45) is 5.73 Å². The lowest BCUT2D eigenvalue weighted by molar-refractivity contribution is 0.837.